The van der Waals surface area contributed by atoms with Gasteiger partial charge in [0.1, 0.15) is 0 Å². The van der Waals surface area contributed by atoms with E-state index in [9.17, 15) is 14.3 Å². The van der Waals surface area contributed by atoms with E-state index in [0.29, 0.717) is 4.90 Å². The standard InChI is InChI=1S/C9H11ClN2O3S/c10-7(5-11)6-16(15)9-3-1-8(2-4-9)12(13)14/h1-4,7H,5-6,11H2. The third-order valence-corrected chi connectivity index (χ3v) is 3.92. The van der Waals surface area contributed by atoms with Gasteiger partial charge >= 0.3 is 0 Å². The Bertz CT molecular complexity index is 396. The Morgan fingerprint density at radius 3 is 2.44 bits per heavy atom. The second-order valence-corrected chi connectivity index (χ2v) is 5.21. The summed E-state index contributed by atoms with van der Waals surface area (Å²) < 4.78 is 11.7. The van der Waals surface area contributed by atoms with E-state index in [1.165, 1.54) is 24.3 Å². The van der Waals surface area contributed by atoms with Gasteiger partial charge in [-0.1, -0.05) is 0 Å². The second-order valence-electron chi connectivity index (χ2n) is 3.10. The molecule has 0 spiro atoms. The highest BCUT2D eigenvalue weighted by Gasteiger charge is 2.11. The molecule has 0 fully saturated rings. The zero-order chi connectivity index (χ0) is 12.1. The summed E-state index contributed by atoms with van der Waals surface area (Å²) in [7, 11) is -1.27. The first-order valence-corrected chi connectivity index (χ1v) is 6.27. The summed E-state index contributed by atoms with van der Waals surface area (Å²) in [5.41, 5.74) is 5.28. The number of nitrogens with two attached hydrogens (primary N) is 1. The van der Waals surface area contributed by atoms with Gasteiger partial charge in [0.2, 0.25) is 0 Å². The first kappa shape index (κ1) is 13.1. The quantitative estimate of drug-likeness (QED) is 0.492. The summed E-state index contributed by atoms with van der Waals surface area (Å²) >= 11 is 5.77. The fourth-order valence-corrected chi connectivity index (χ4v) is 2.49. The summed E-state index contributed by atoms with van der Waals surface area (Å²) in [6, 6.07) is 5.57. The van der Waals surface area contributed by atoms with E-state index in [-0.39, 0.29) is 23.4 Å². The maximum Gasteiger partial charge on any atom is 0.269 e. The minimum absolute atomic E-state index is 0.0259. The average molecular weight is 263 g/mol. The van der Waals surface area contributed by atoms with Crippen LogP contribution in [0.2, 0.25) is 0 Å². The summed E-state index contributed by atoms with van der Waals surface area (Å²) in [5.74, 6) is 0.246. The van der Waals surface area contributed by atoms with Gasteiger partial charge in [-0.25, -0.2) is 0 Å². The van der Waals surface area contributed by atoms with Gasteiger partial charge in [0, 0.05) is 29.3 Å². The first-order valence-electron chi connectivity index (χ1n) is 4.51. The van der Waals surface area contributed by atoms with E-state index in [0.717, 1.165) is 0 Å². The zero-order valence-corrected chi connectivity index (χ0v) is 9.91. The molecule has 0 bridgehead atoms. The van der Waals surface area contributed by atoms with Crippen LogP contribution in [-0.4, -0.2) is 26.8 Å². The molecule has 0 heterocycles. The number of alkyl halides is 1. The summed E-state index contributed by atoms with van der Waals surface area (Å²) in [6.07, 6.45) is 0. The fourth-order valence-electron chi connectivity index (χ4n) is 1.05. The van der Waals surface area contributed by atoms with Crippen LogP contribution in [0.1, 0.15) is 0 Å². The largest absolute Gasteiger partial charge is 0.329 e. The molecular weight excluding hydrogens is 252 g/mol. The maximum atomic E-state index is 11.7. The first-order chi connectivity index (χ1) is 7.54. The minimum atomic E-state index is -1.27. The molecule has 88 valence electrons. The Balaban J connectivity index is 2.74. The van der Waals surface area contributed by atoms with Crippen LogP contribution >= 0.6 is 11.6 Å². The van der Waals surface area contributed by atoms with E-state index in [2.05, 4.69) is 0 Å². The Morgan fingerprint density at radius 1 is 1.44 bits per heavy atom. The van der Waals surface area contributed by atoms with E-state index >= 15 is 0 Å². The molecule has 1 aromatic carbocycles. The average Bonchev–Trinajstić information content (AvgIpc) is 2.28. The van der Waals surface area contributed by atoms with Gasteiger partial charge in [0.15, 0.2) is 0 Å². The van der Waals surface area contributed by atoms with Crippen LogP contribution < -0.4 is 5.73 Å². The number of nitrogens with zero attached hydrogens (tertiary/aromatic N) is 1. The number of hydrogen-bond donors (Lipinski definition) is 1. The van der Waals surface area contributed by atoms with Crippen LogP contribution in [0.3, 0.4) is 0 Å². The van der Waals surface area contributed by atoms with Crippen molar-refractivity contribution in [3.8, 4) is 0 Å². The molecule has 0 aliphatic carbocycles. The van der Waals surface area contributed by atoms with Crippen LogP contribution in [0, 0.1) is 10.1 Å². The molecule has 0 amide bonds. The van der Waals surface area contributed by atoms with Crippen molar-refractivity contribution in [1.82, 2.24) is 0 Å². The Labute approximate surface area is 100 Å². The van der Waals surface area contributed by atoms with Gasteiger partial charge in [0.25, 0.3) is 5.69 Å². The monoisotopic (exact) mass is 262 g/mol. The number of hydrogen-bond acceptors (Lipinski definition) is 4. The molecule has 0 aliphatic rings. The van der Waals surface area contributed by atoms with Gasteiger partial charge in [0.05, 0.1) is 21.1 Å². The van der Waals surface area contributed by atoms with Gasteiger partial charge in [-0.3, -0.25) is 14.3 Å². The summed E-state index contributed by atoms with van der Waals surface area (Å²) in [5, 5.41) is 10.0. The topological polar surface area (TPSA) is 86.2 Å². The smallest absolute Gasteiger partial charge is 0.269 e. The van der Waals surface area contributed by atoms with Crippen LogP contribution in [0.5, 0.6) is 0 Å². The Kier molecular flexibility index (Phi) is 4.85. The minimum Gasteiger partial charge on any atom is -0.329 e. The molecule has 16 heavy (non-hydrogen) atoms. The number of halogens is 1. The molecule has 0 saturated heterocycles. The van der Waals surface area contributed by atoms with Crippen molar-refractivity contribution in [1.29, 1.82) is 0 Å². The highest BCUT2D eigenvalue weighted by atomic mass is 35.5. The van der Waals surface area contributed by atoms with Crippen molar-refractivity contribution in [3.63, 3.8) is 0 Å². The molecule has 0 aliphatic heterocycles. The lowest BCUT2D eigenvalue weighted by molar-refractivity contribution is -0.384. The molecule has 1 rings (SSSR count). The Morgan fingerprint density at radius 2 is 2.00 bits per heavy atom. The molecule has 0 radical (unpaired) electrons. The normalized spacial score (nSPS) is 14.4. The zero-order valence-electron chi connectivity index (χ0n) is 8.34. The highest BCUT2D eigenvalue weighted by molar-refractivity contribution is 7.85. The lowest BCUT2D eigenvalue weighted by Crippen LogP contribution is -2.20. The van der Waals surface area contributed by atoms with Crippen molar-refractivity contribution in [2.75, 3.05) is 12.3 Å². The number of nitro groups is 1. The maximum absolute atomic E-state index is 11.7. The van der Waals surface area contributed by atoms with Crippen LogP contribution in [0.15, 0.2) is 29.2 Å². The molecule has 0 saturated carbocycles. The third-order valence-electron chi connectivity index (χ3n) is 1.90. The number of rotatable bonds is 5. The Hall–Kier alpha value is -0.980. The lowest BCUT2D eigenvalue weighted by Gasteiger charge is -2.05. The van der Waals surface area contributed by atoms with Crippen LogP contribution in [0.25, 0.3) is 0 Å². The summed E-state index contributed by atoms with van der Waals surface area (Å²) in [4.78, 5) is 10.4. The van der Waals surface area contributed by atoms with Crippen molar-refractivity contribution in [2.24, 2.45) is 5.73 Å². The molecule has 2 atom stereocenters. The van der Waals surface area contributed by atoms with Crippen molar-refractivity contribution < 1.29 is 9.13 Å². The van der Waals surface area contributed by atoms with Crippen LogP contribution in [-0.2, 0) is 10.8 Å². The molecule has 2 N–H and O–H groups in total. The molecule has 2 unspecified atom stereocenters. The van der Waals surface area contributed by atoms with Crippen LogP contribution in [0.4, 0.5) is 5.69 Å². The van der Waals surface area contributed by atoms with Gasteiger partial charge in [-0.15, -0.1) is 11.6 Å². The molecule has 7 heteroatoms. The van der Waals surface area contributed by atoms with Crippen molar-refractivity contribution >= 4 is 28.1 Å². The second kappa shape index (κ2) is 5.93. The SMILES string of the molecule is NCC(Cl)CS(=O)c1ccc([N+](=O)[O-])cc1. The fraction of sp³-hybridized carbons (Fsp3) is 0.333. The van der Waals surface area contributed by atoms with E-state index < -0.39 is 15.7 Å². The summed E-state index contributed by atoms with van der Waals surface area (Å²) in [6.45, 7) is 0.250. The van der Waals surface area contributed by atoms with Crippen molar-refractivity contribution in [3.05, 3.63) is 34.4 Å². The highest BCUT2D eigenvalue weighted by Crippen LogP contribution is 2.15. The van der Waals surface area contributed by atoms with Gasteiger partial charge in [-0.2, -0.15) is 0 Å². The lowest BCUT2D eigenvalue weighted by atomic mass is 10.3. The predicted octanol–water partition coefficient (Wildman–Crippen LogP) is 1.27. The van der Waals surface area contributed by atoms with Gasteiger partial charge in [-0.05, 0) is 12.1 Å². The number of nitro benzene ring substituents is 1. The molecule has 5 nitrogen and oxygen atoms in total. The third kappa shape index (κ3) is 3.55. The molecular formula is C9H11ClN2O3S. The van der Waals surface area contributed by atoms with Crippen molar-refractivity contribution in [2.45, 2.75) is 10.3 Å². The van der Waals surface area contributed by atoms with E-state index in [4.69, 9.17) is 17.3 Å². The number of benzene rings is 1. The van der Waals surface area contributed by atoms with E-state index in [1.54, 1.807) is 0 Å². The number of non-ortho nitro benzene ring substituents is 1. The van der Waals surface area contributed by atoms with E-state index in [1.807, 2.05) is 0 Å². The molecule has 0 aromatic heterocycles. The molecule has 1 aromatic rings. The predicted molar refractivity (Wildman–Crippen MR) is 63.1 cm³/mol. The van der Waals surface area contributed by atoms with Gasteiger partial charge < -0.3 is 5.73 Å².